The minimum Gasteiger partial charge on any atom is -0.379 e. The normalized spacial score (nSPS) is 15.3. The number of amides is 1. The summed E-state index contributed by atoms with van der Waals surface area (Å²) in [5.74, 6) is 1.15. The topological polar surface area (TPSA) is 72.3 Å². The largest absolute Gasteiger partial charge is 0.379 e. The first-order chi connectivity index (χ1) is 12.1. The second kappa shape index (κ2) is 8.97. The third-order valence-corrected chi connectivity index (χ3v) is 5.53. The molecule has 0 atom stereocenters. The molecule has 1 fully saturated rings. The lowest BCUT2D eigenvalue weighted by Gasteiger charge is -2.25. The standard InChI is InChI=1S/C16H20IN5O2S/c1-21-14(10-22-5-7-24-8-6-22)19-20-16(21)25-11-15(23)18-13-4-2-3-12(17)9-13/h2-4,9H,5-8,10-11H2,1H3,(H,18,23). The van der Waals surface area contributed by atoms with Crippen molar-refractivity contribution in [2.24, 2.45) is 7.05 Å². The summed E-state index contributed by atoms with van der Waals surface area (Å²) in [6.07, 6.45) is 0. The van der Waals surface area contributed by atoms with Gasteiger partial charge < -0.3 is 14.6 Å². The molecule has 0 aliphatic carbocycles. The van der Waals surface area contributed by atoms with Gasteiger partial charge in [-0.1, -0.05) is 17.8 Å². The van der Waals surface area contributed by atoms with Crippen LogP contribution in [0.25, 0.3) is 0 Å². The summed E-state index contributed by atoms with van der Waals surface area (Å²) in [7, 11) is 1.94. The van der Waals surface area contributed by atoms with Crippen LogP contribution in [0.5, 0.6) is 0 Å². The molecule has 0 radical (unpaired) electrons. The molecule has 25 heavy (non-hydrogen) atoms. The van der Waals surface area contributed by atoms with Crippen molar-refractivity contribution in [1.82, 2.24) is 19.7 Å². The molecule has 1 N–H and O–H groups in total. The fourth-order valence-corrected chi connectivity index (χ4v) is 3.73. The van der Waals surface area contributed by atoms with E-state index >= 15 is 0 Å². The number of nitrogens with one attached hydrogen (secondary N) is 1. The fourth-order valence-electron chi connectivity index (χ4n) is 2.46. The maximum Gasteiger partial charge on any atom is 0.234 e. The smallest absolute Gasteiger partial charge is 0.234 e. The Labute approximate surface area is 164 Å². The Morgan fingerprint density at radius 2 is 2.16 bits per heavy atom. The minimum absolute atomic E-state index is 0.0512. The van der Waals surface area contributed by atoms with E-state index in [1.54, 1.807) is 0 Å². The van der Waals surface area contributed by atoms with E-state index in [1.807, 2.05) is 35.9 Å². The van der Waals surface area contributed by atoms with E-state index in [9.17, 15) is 4.79 Å². The van der Waals surface area contributed by atoms with Crippen LogP contribution in [0.15, 0.2) is 29.4 Å². The summed E-state index contributed by atoms with van der Waals surface area (Å²) < 4.78 is 8.40. The van der Waals surface area contributed by atoms with Gasteiger partial charge in [-0.2, -0.15) is 0 Å². The first kappa shape index (κ1) is 18.6. The number of thioether (sulfide) groups is 1. The Bertz CT molecular complexity index is 733. The summed E-state index contributed by atoms with van der Waals surface area (Å²) >= 11 is 3.62. The van der Waals surface area contributed by atoms with Crippen LogP contribution in [-0.2, 0) is 23.1 Å². The zero-order valence-electron chi connectivity index (χ0n) is 13.9. The van der Waals surface area contributed by atoms with Crippen molar-refractivity contribution in [3.8, 4) is 0 Å². The van der Waals surface area contributed by atoms with Gasteiger partial charge in [0, 0.05) is 29.4 Å². The van der Waals surface area contributed by atoms with E-state index in [2.05, 4.69) is 43.0 Å². The van der Waals surface area contributed by atoms with Crippen LogP contribution in [0.4, 0.5) is 5.69 Å². The highest BCUT2D eigenvalue weighted by Crippen LogP contribution is 2.18. The summed E-state index contributed by atoms with van der Waals surface area (Å²) in [6.45, 7) is 4.10. The Balaban J connectivity index is 1.52. The number of rotatable bonds is 6. The molecule has 1 aromatic carbocycles. The second-order valence-corrected chi connectivity index (χ2v) is 7.88. The zero-order valence-corrected chi connectivity index (χ0v) is 16.9. The van der Waals surface area contributed by atoms with Crippen LogP contribution in [0.3, 0.4) is 0 Å². The highest BCUT2D eigenvalue weighted by atomic mass is 127. The fraction of sp³-hybridized carbons (Fsp3) is 0.438. The van der Waals surface area contributed by atoms with Crippen molar-refractivity contribution in [3.63, 3.8) is 0 Å². The van der Waals surface area contributed by atoms with Crippen LogP contribution in [0.1, 0.15) is 5.82 Å². The van der Waals surface area contributed by atoms with Gasteiger partial charge in [0.25, 0.3) is 0 Å². The summed E-state index contributed by atoms with van der Waals surface area (Å²) in [4.78, 5) is 14.4. The number of nitrogens with zero attached hydrogens (tertiary/aromatic N) is 4. The van der Waals surface area contributed by atoms with E-state index in [-0.39, 0.29) is 5.91 Å². The van der Waals surface area contributed by atoms with E-state index in [1.165, 1.54) is 11.8 Å². The van der Waals surface area contributed by atoms with E-state index < -0.39 is 0 Å². The molecule has 1 aliphatic heterocycles. The summed E-state index contributed by atoms with van der Waals surface area (Å²) in [5.41, 5.74) is 0.809. The highest BCUT2D eigenvalue weighted by molar-refractivity contribution is 14.1. The van der Waals surface area contributed by atoms with Gasteiger partial charge in [0.2, 0.25) is 5.91 Å². The molecule has 2 aromatic rings. The molecule has 1 saturated heterocycles. The van der Waals surface area contributed by atoms with Gasteiger partial charge in [-0.05, 0) is 40.8 Å². The monoisotopic (exact) mass is 473 g/mol. The number of carbonyl (C=O) groups is 1. The molecule has 2 heterocycles. The summed E-state index contributed by atoms with van der Waals surface area (Å²) in [5, 5.41) is 12.1. The third-order valence-electron chi connectivity index (χ3n) is 3.83. The highest BCUT2D eigenvalue weighted by Gasteiger charge is 2.16. The molecule has 134 valence electrons. The first-order valence-corrected chi connectivity index (χ1v) is 10.0. The molecule has 0 spiro atoms. The molecule has 7 nitrogen and oxygen atoms in total. The lowest BCUT2D eigenvalue weighted by molar-refractivity contribution is -0.113. The van der Waals surface area contributed by atoms with E-state index in [0.29, 0.717) is 5.75 Å². The van der Waals surface area contributed by atoms with Crippen molar-refractivity contribution < 1.29 is 9.53 Å². The molecule has 0 bridgehead atoms. The molecular weight excluding hydrogens is 453 g/mol. The predicted molar refractivity (Wildman–Crippen MR) is 106 cm³/mol. The van der Waals surface area contributed by atoms with Gasteiger partial charge in [-0.25, -0.2) is 0 Å². The van der Waals surface area contributed by atoms with Crippen LogP contribution in [0.2, 0.25) is 0 Å². The number of benzene rings is 1. The lowest BCUT2D eigenvalue weighted by Crippen LogP contribution is -2.36. The predicted octanol–water partition coefficient (Wildman–Crippen LogP) is 1.98. The Morgan fingerprint density at radius 1 is 1.36 bits per heavy atom. The third kappa shape index (κ3) is 5.40. The van der Waals surface area contributed by atoms with Gasteiger partial charge in [0.05, 0.1) is 25.5 Å². The van der Waals surface area contributed by atoms with E-state index in [4.69, 9.17) is 4.74 Å². The number of carbonyl (C=O) groups excluding carboxylic acids is 1. The SMILES string of the molecule is Cn1c(CN2CCOCC2)nnc1SCC(=O)Nc1cccc(I)c1. The minimum atomic E-state index is -0.0512. The average Bonchev–Trinajstić information content (AvgIpc) is 2.94. The van der Waals surface area contributed by atoms with Gasteiger partial charge in [-0.3, -0.25) is 9.69 Å². The molecule has 1 aliphatic rings. The van der Waals surface area contributed by atoms with Gasteiger partial charge in [0.15, 0.2) is 5.16 Å². The second-order valence-electron chi connectivity index (χ2n) is 5.69. The van der Waals surface area contributed by atoms with Crippen molar-refractivity contribution in [3.05, 3.63) is 33.7 Å². The van der Waals surface area contributed by atoms with Crippen LogP contribution < -0.4 is 5.32 Å². The van der Waals surface area contributed by atoms with Crippen molar-refractivity contribution in [2.75, 3.05) is 37.4 Å². The Kier molecular flexibility index (Phi) is 6.68. The molecule has 3 rings (SSSR count). The quantitative estimate of drug-likeness (QED) is 0.511. The number of aromatic nitrogens is 3. The van der Waals surface area contributed by atoms with Gasteiger partial charge in [-0.15, -0.1) is 10.2 Å². The number of morpholine rings is 1. The van der Waals surface area contributed by atoms with Crippen LogP contribution >= 0.6 is 34.4 Å². The number of halogens is 1. The molecule has 0 saturated carbocycles. The molecular formula is C16H20IN5O2S. The van der Waals surface area contributed by atoms with Crippen LogP contribution in [0, 0.1) is 3.57 Å². The number of ether oxygens (including phenoxy) is 1. The van der Waals surface area contributed by atoms with Crippen molar-refractivity contribution in [2.45, 2.75) is 11.7 Å². The van der Waals surface area contributed by atoms with Crippen molar-refractivity contribution >= 4 is 45.9 Å². The average molecular weight is 473 g/mol. The Morgan fingerprint density at radius 3 is 2.92 bits per heavy atom. The lowest BCUT2D eigenvalue weighted by atomic mass is 10.3. The van der Waals surface area contributed by atoms with Gasteiger partial charge >= 0.3 is 0 Å². The number of anilines is 1. The maximum absolute atomic E-state index is 12.1. The van der Waals surface area contributed by atoms with Crippen LogP contribution in [-0.4, -0.2) is 57.6 Å². The van der Waals surface area contributed by atoms with E-state index in [0.717, 1.165) is 53.1 Å². The van der Waals surface area contributed by atoms with Crippen molar-refractivity contribution in [1.29, 1.82) is 0 Å². The molecule has 9 heteroatoms. The molecule has 0 unspecified atom stereocenters. The number of hydrogen-bond donors (Lipinski definition) is 1. The number of hydrogen-bond acceptors (Lipinski definition) is 6. The molecule has 1 amide bonds. The first-order valence-electron chi connectivity index (χ1n) is 7.98. The van der Waals surface area contributed by atoms with Gasteiger partial charge in [0.1, 0.15) is 5.82 Å². The molecule has 1 aromatic heterocycles. The summed E-state index contributed by atoms with van der Waals surface area (Å²) in [6, 6.07) is 7.73. The maximum atomic E-state index is 12.1. The Hall–Kier alpha value is -1.17. The zero-order chi connectivity index (χ0) is 17.6.